The monoisotopic (exact) mass is 339 g/mol. The summed E-state index contributed by atoms with van der Waals surface area (Å²) < 4.78 is 0. The Morgan fingerprint density at radius 3 is 2.68 bits per heavy atom. The molecule has 132 valence electrons. The summed E-state index contributed by atoms with van der Waals surface area (Å²) in [4.78, 5) is 33.9. The number of fused-ring (bicyclic) bond motifs is 1. The minimum absolute atomic E-state index is 0.0143. The van der Waals surface area contributed by atoms with E-state index in [2.05, 4.69) is 43.7 Å². The van der Waals surface area contributed by atoms with Crippen LogP contribution in [0.4, 0.5) is 0 Å². The van der Waals surface area contributed by atoms with E-state index < -0.39 is 0 Å². The largest absolute Gasteiger partial charge is 0.338 e. The Balaban J connectivity index is 1.79. The number of aromatic amines is 1. The van der Waals surface area contributed by atoms with E-state index in [-0.39, 0.29) is 28.7 Å². The van der Waals surface area contributed by atoms with Gasteiger partial charge in [0, 0.05) is 7.05 Å². The highest BCUT2D eigenvalue weighted by Gasteiger charge is 2.60. The predicted octanol–water partition coefficient (Wildman–Crippen LogP) is 3.12. The topological polar surface area (TPSA) is 66.1 Å². The molecule has 0 bridgehead atoms. The number of aromatic nitrogens is 2. The number of benzene rings is 1. The molecule has 0 aliphatic heterocycles. The third-order valence-corrected chi connectivity index (χ3v) is 5.11. The van der Waals surface area contributed by atoms with Crippen LogP contribution in [-0.4, -0.2) is 27.8 Å². The molecule has 2 atom stereocenters. The molecule has 1 saturated carbocycles. The minimum atomic E-state index is -0.171. The summed E-state index contributed by atoms with van der Waals surface area (Å²) in [6.45, 7) is 8.67. The van der Waals surface area contributed by atoms with Gasteiger partial charge in [-0.2, -0.15) is 0 Å². The number of H-pyrrole nitrogens is 1. The third-order valence-electron chi connectivity index (χ3n) is 5.11. The van der Waals surface area contributed by atoms with Gasteiger partial charge in [0.2, 0.25) is 5.91 Å². The van der Waals surface area contributed by atoms with Crippen LogP contribution in [0, 0.1) is 17.3 Å². The van der Waals surface area contributed by atoms with Crippen LogP contribution in [0.5, 0.6) is 0 Å². The molecule has 0 spiro atoms. The van der Waals surface area contributed by atoms with Gasteiger partial charge in [0.05, 0.1) is 23.4 Å². The number of para-hydroxylation sites is 1. The van der Waals surface area contributed by atoms with Gasteiger partial charge in [0.25, 0.3) is 5.56 Å². The molecular formula is C20H25N3O2. The Bertz CT molecular complexity index is 907. The molecule has 5 nitrogen and oxygen atoms in total. The van der Waals surface area contributed by atoms with Gasteiger partial charge in [0.15, 0.2) is 0 Å². The van der Waals surface area contributed by atoms with Crippen molar-refractivity contribution in [2.45, 2.75) is 34.2 Å². The first kappa shape index (κ1) is 17.4. The van der Waals surface area contributed by atoms with Crippen molar-refractivity contribution in [2.75, 3.05) is 7.05 Å². The number of hydrogen-bond donors (Lipinski definition) is 1. The lowest BCUT2D eigenvalue weighted by Gasteiger charge is -2.17. The highest BCUT2D eigenvalue weighted by molar-refractivity contribution is 5.83. The fraction of sp³-hybridized carbons (Fsp3) is 0.450. The van der Waals surface area contributed by atoms with Crippen LogP contribution in [0.2, 0.25) is 0 Å². The van der Waals surface area contributed by atoms with E-state index >= 15 is 0 Å². The normalized spacial score (nSPS) is 21.0. The molecule has 1 aromatic carbocycles. The average molecular weight is 339 g/mol. The SMILES string of the molecule is CC(C)=CC1C(C(=O)N(C)Cc2nc3ccccc3c(=O)[nH]2)C1(C)C. The maximum atomic E-state index is 12.8. The smallest absolute Gasteiger partial charge is 0.258 e. The first-order chi connectivity index (χ1) is 11.7. The first-order valence-electron chi connectivity index (χ1n) is 8.59. The number of rotatable bonds is 4. The Morgan fingerprint density at radius 2 is 2.00 bits per heavy atom. The van der Waals surface area contributed by atoms with Crippen LogP contribution in [0.3, 0.4) is 0 Å². The van der Waals surface area contributed by atoms with E-state index in [1.165, 1.54) is 5.57 Å². The summed E-state index contributed by atoms with van der Waals surface area (Å²) in [5.74, 6) is 0.871. The van der Waals surface area contributed by atoms with Crippen LogP contribution in [-0.2, 0) is 11.3 Å². The molecule has 1 aliphatic carbocycles. The van der Waals surface area contributed by atoms with Crippen molar-refractivity contribution in [2.24, 2.45) is 17.3 Å². The van der Waals surface area contributed by atoms with Crippen LogP contribution in [0.15, 0.2) is 40.7 Å². The van der Waals surface area contributed by atoms with Crippen molar-refractivity contribution in [1.82, 2.24) is 14.9 Å². The van der Waals surface area contributed by atoms with Crippen LogP contribution in [0.25, 0.3) is 10.9 Å². The third kappa shape index (κ3) is 3.23. The molecule has 0 radical (unpaired) electrons. The minimum Gasteiger partial charge on any atom is -0.338 e. The second-order valence-corrected chi connectivity index (χ2v) is 7.79. The summed E-state index contributed by atoms with van der Waals surface area (Å²) in [5.41, 5.74) is 1.69. The van der Waals surface area contributed by atoms with Gasteiger partial charge in [0.1, 0.15) is 5.82 Å². The number of carbonyl (C=O) groups is 1. The molecule has 1 heterocycles. The summed E-state index contributed by atoms with van der Waals surface area (Å²) in [6.07, 6.45) is 2.19. The Labute approximate surface area is 147 Å². The quantitative estimate of drug-likeness (QED) is 0.870. The molecule has 2 unspecified atom stereocenters. The second kappa shape index (κ2) is 6.14. The maximum Gasteiger partial charge on any atom is 0.258 e. The lowest BCUT2D eigenvalue weighted by molar-refractivity contribution is -0.132. The number of nitrogens with zero attached hydrogens (tertiary/aromatic N) is 2. The molecule has 25 heavy (non-hydrogen) atoms. The molecule has 5 heteroatoms. The van der Waals surface area contributed by atoms with Crippen LogP contribution >= 0.6 is 0 Å². The number of nitrogens with one attached hydrogen (secondary N) is 1. The molecular weight excluding hydrogens is 314 g/mol. The fourth-order valence-electron chi connectivity index (χ4n) is 3.57. The molecule has 1 N–H and O–H groups in total. The van der Waals surface area contributed by atoms with E-state index in [4.69, 9.17) is 0 Å². The van der Waals surface area contributed by atoms with E-state index in [1.807, 2.05) is 18.2 Å². The van der Waals surface area contributed by atoms with Crippen molar-refractivity contribution >= 4 is 16.8 Å². The second-order valence-electron chi connectivity index (χ2n) is 7.79. The van der Waals surface area contributed by atoms with Crippen molar-refractivity contribution in [3.8, 4) is 0 Å². The Hall–Kier alpha value is -2.43. The Morgan fingerprint density at radius 1 is 1.32 bits per heavy atom. The van der Waals surface area contributed by atoms with Gasteiger partial charge in [-0.05, 0) is 37.3 Å². The van der Waals surface area contributed by atoms with Crippen molar-refractivity contribution in [1.29, 1.82) is 0 Å². The van der Waals surface area contributed by atoms with Crippen LogP contribution < -0.4 is 5.56 Å². The summed E-state index contributed by atoms with van der Waals surface area (Å²) >= 11 is 0. The van der Waals surface area contributed by atoms with Gasteiger partial charge < -0.3 is 9.88 Å². The highest BCUT2D eigenvalue weighted by Crippen LogP contribution is 2.60. The number of allylic oxidation sites excluding steroid dienone is 2. The molecule has 1 aromatic heterocycles. The van der Waals surface area contributed by atoms with Gasteiger partial charge >= 0.3 is 0 Å². The number of carbonyl (C=O) groups excluding carboxylic acids is 1. The maximum absolute atomic E-state index is 12.8. The first-order valence-corrected chi connectivity index (χ1v) is 8.59. The van der Waals surface area contributed by atoms with Gasteiger partial charge in [-0.15, -0.1) is 0 Å². The highest BCUT2D eigenvalue weighted by atomic mass is 16.2. The molecule has 2 aromatic rings. The Kier molecular flexibility index (Phi) is 4.27. The molecule has 1 amide bonds. The van der Waals surface area contributed by atoms with Crippen molar-refractivity contribution < 1.29 is 4.79 Å². The molecule has 1 aliphatic rings. The predicted molar refractivity (Wildman–Crippen MR) is 99.0 cm³/mol. The molecule has 1 fully saturated rings. The van der Waals surface area contributed by atoms with Crippen molar-refractivity contribution in [3.63, 3.8) is 0 Å². The standard InChI is InChI=1S/C20H25N3O2/c1-12(2)10-14-17(20(14,3)4)19(25)23(5)11-16-21-15-9-7-6-8-13(15)18(24)22-16/h6-10,14,17H,11H2,1-5H3,(H,21,22,24). The zero-order valence-corrected chi connectivity index (χ0v) is 15.5. The average Bonchev–Trinajstić information content (AvgIpc) is 3.06. The molecule has 0 saturated heterocycles. The summed E-state index contributed by atoms with van der Waals surface area (Å²) in [5, 5.41) is 0.562. The van der Waals surface area contributed by atoms with E-state index in [9.17, 15) is 9.59 Å². The van der Waals surface area contributed by atoms with Gasteiger partial charge in [-0.3, -0.25) is 9.59 Å². The zero-order chi connectivity index (χ0) is 18.4. The number of amides is 1. The lowest BCUT2D eigenvalue weighted by Crippen LogP contribution is -2.31. The van der Waals surface area contributed by atoms with Gasteiger partial charge in [-0.25, -0.2) is 4.98 Å². The van der Waals surface area contributed by atoms with Gasteiger partial charge in [-0.1, -0.05) is 37.6 Å². The van der Waals surface area contributed by atoms with Crippen molar-refractivity contribution in [3.05, 3.63) is 52.1 Å². The van der Waals surface area contributed by atoms with Crippen LogP contribution in [0.1, 0.15) is 33.5 Å². The zero-order valence-electron chi connectivity index (χ0n) is 15.5. The van der Waals surface area contributed by atoms with E-state index in [0.717, 1.165) is 0 Å². The van der Waals surface area contributed by atoms with E-state index in [1.54, 1.807) is 18.0 Å². The lowest BCUT2D eigenvalue weighted by atomic mass is 10.1. The number of hydrogen-bond acceptors (Lipinski definition) is 3. The summed E-state index contributed by atoms with van der Waals surface area (Å²) in [7, 11) is 1.77. The molecule has 3 rings (SSSR count). The summed E-state index contributed by atoms with van der Waals surface area (Å²) in [6, 6.07) is 7.22. The fourth-order valence-corrected chi connectivity index (χ4v) is 3.57. The van der Waals surface area contributed by atoms with E-state index in [0.29, 0.717) is 23.3 Å².